The summed E-state index contributed by atoms with van der Waals surface area (Å²) < 4.78 is 16.2. The minimum Gasteiger partial charge on any atom is -0.535 e. The van der Waals surface area contributed by atoms with Crippen LogP contribution < -0.4 is 14.1 Å². The van der Waals surface area contributed by atoms with Crippen LogP contribution in [0.25, 0.3) is 0 Å². The maximum absolute atomic E-state index is 11.5. The molecule has 2 atom stereocenters. The van der Waals surface area contributed by atoms with E-state index in [0.29, 0.717) is 19.0 Å². The van der Waals surface area contributed by atoms with E-state index in [0.717, 1.165) is 12.0 Å². The molecule has 2 heterocycles. The lowest BCUT2D eigenvalue weighted by molar-refractivity contribution is 0.0683. The van der Waals surface area contributed by atoms with E-state index in [4.69, 9.17) is 14.1 Å². The minimum absolute atomic E-state index is 0.0448. The molecule has 0 aromatic heterocycles. The van der Waals surface area contributed by atoms with Crippen LogP contribution in [0.5, 0.6) is 17.2 Å². The number of carboxylic acids is 1. The van der Waals surface area contributed by atoms with E-state index in [1.807, 2.05) is 0 Å². The quantitative estimate of drug-likeness (QED) is 0.731. The van der Waals surface area contributed by atoms with Crippen LogP contribution in [0.15, 0.2) is 6.07 Å². The molecule has 0 amide bonds. The molecule has 1 aromatic carbocycles. The number of fused-ring (bicyclic) bond motifs is 4. The first-order chi connectivity index (χ1) is 9.16. The molecule has 1 fully saturated rings. The number of rotatable bonds is 1. The Balaban J connectivity index is 1.96. The van der Waals surface area contributed by atoms with Crippen LogP contribution in [0.4, 0.5) is 0 Å². The molecule has 7 heteroatoms. The van der Waals surface area contributed by atoms with E-state index < -0.39 is 13.1 Å². The Morgan fingerprint density at radius 3 is 2.89 bits per heavy atom. The molecule has 6 nitrogen and oxygen atoms in total. The van der Waals surface area contributed by atoms with Crippen LogP contribution >= 0.6 is 0 Å². The van der Waals surface area contributed by atoms with Gasteiger partial charge in [-0.3, -0.25) is 0 Å². The number of ether oxygens (including phenoxy) is 2. The van der Waals surface area contributed by atoms with Gasteiger partial charge >= 0.3 is 13.1 Å². The molecule has 19 heavy (non-hydrogen) atoms. The van der Waals surface area contributed by atoms with Gasteiger partial charge in [0.1, 0.15) is 24.5 Å². The molecular formula is C12H11BO6. The lowest BCUT2D eigenvalue weighted by Crippen LogP contribution is -2.28. The smallest absolute Gasteiger partial charge is 0.526 e. The third-order valence-electron chi connectivity index (χ3n) is 3.87. The predicted octanol–water partition coefficient (Wildman–Crippen LogP) is 0.886. The van der Waals surface area contributed by atoms with E-state index in [-0.39, 0.29) is 28.8 Å². The number of carboxylic acid groups (broad SMARTS) is 1. The van der Waals surface area contributed by atoms with Crippen LogP contribution in [0.1, 0.15) is 28.3 Å². The topological polar surface area (TPSA) is 85.2 Å². The minimum atomic E-state index is -1.13. The van der Waals surface area contributed by atoms with Crippen molar-refractivity contribution in [3.63, 3.8) is 0 Å². The molecule has 0 unspecified atom stereocenters. The number of aromatic carboxylic acids is 1. The van der Waals surface area contributed by atoms with Crippen molar-refractivity contribution in [2.45, 2.75) is 18.2 Å². The summed E-state index contributed by atoms with van der Waals surface area (Å²) in [6.07, 6.45) is 0.812. The second kappa shape index (κ2) is 3.57. The Kier molecular flexibility index (Phi) is 2.06. The first-order valence-electron chi connectivity index (χ1n) is 6.21. The van der Waals surface area contributed by atoms with Gasteiger partial charge in [0, 0.05) is 11.4 Å². The molecule has 1 aliphatic carbocycles. The Morgan fingerprint density at radius 1 is 1.32 bits per heavy atom. The molecule has 0 saturated heterocycles. The summed E-state index contributed by atoms with van der Waals surface area (Å²) in [6.45, 7) is 0.711. The van der Waals surface area contributed by atoms with Crippen LogP contribution in [0.2, 0.25) is 5.82 Å². The Hall–Kier alpha value is -1.89. The van der Waals surface area contributed by atoms with Crippen molar-refractivity contribution in [3.05, 3.63) is 17.2 Å². The summed E-state index contributed by atoms with van der Waals surface area (Å²) in [5.41, 5.74) is 0.758. The van der Waals surface area contributed by atoms with Crippen LogP contribution in [-0.4, -0.2) is 36.4 Å². The SMILES string of the molecule is O=C(O)c1c2c(cc3c1OB(O)[C@@H]1C[C@H]31)OCCO2. The fraction of sp³-hybridized carbons (Fsp3) is 0.417. The van der Waals surface area contributed by atoms with E-state index >= 15 is 0 Å². The third kappa shape index (κ3) is 1.45. The lowest BCUT2D eigenvalue weighted by Gasteiger charge is -2.26. The molecule has 98 valence electrons. The van der Waals surface area contributed by atoms with Crippen molar-refractivity contribution in [2.24, 2.45) is 0 Å². The fourth-order valence-corrected chi connectivity index (χ4v) is 2.88. The second-order valence-electron chi connectivity index (χ2n) is 5.01. The zero-order valence-corrected chi connectivity index (χ0v) is 9.96. The molecule has 2 aliphatic heterocycles. The maximum atomic E-state index is 11.5. The van der Waals surface area contributed by atoms with Crippen LogP contribution in [0.3, 0.4) is 0 Å². The summed E-state index contributed by atoms with van der Waals surface area (Å²) in [4.78, 5) is 11.5. The maximum Gasteiger partial charge on any atom is 0.526 e. The molecule has 1 saturated carbocycles. The van der Waals surface area contributed by atoms with Gasteiger partial charge in [0.2, 0.25) is 0 Å². The van der Waals surface area contributed by atoms with Crippen molar-refractivity contribution < 1.29 is 29.1 Å². The van der Waals surface area contributed by atoms with Crippen molar-refractivity contribution in [1.29, 1.82) is 0 Å². The third-order valence-corrected chi connectivity index (χ3v) is 3.87. The highest BCUT2D eigenvalue weighted by molar-refractivity contribution is 6.48. The largest absolute Gasteiger partial charge is 0.535 e. The summed E-state index contributed by atoms with van der Waals surface area (Å²) in [5.74, 6) is -0.0332. The predicted molar refractivity (Wildman–Crippen MR) is 64.1 cm³/mol. The molecule has 4 rings (SSSR count). The normalized spacial score (nSPS) is 26.1. The molecule has 1 aromatic rings. The lowest BCUT2D eigenvalue weighted by atomic mass is 9.77. The summed E-state index contributed by atoms with van der Waals surface area (Å²) >= 11 is 0. The zero-order valence-electron chi connectivity index (χ0n) is 9.96. The zero-order chi connectivity index (χ0) is 13.1. The van der Waals surface area contributed by atoms with Gasteiger partial charge < -0.3 is 24.3 Å². The van der Waals surface area contributed by atoms with E-state index in [1.165, 1.54) is 0 Å². The Bertz CT molecular complexity index is 586. The van der Waals surface area contributed by atoms with Gasteiger partial charge in [0.15, 0.2) is 11.5 Å². The van der Waals surface area contributed by atoms with Gasteiger partial charge in [0.05, 0.1) is 0 Å². The van der Waals surface area contributed by atoms with Crippen LogP contribution in [-0.2, 0) is 0 Å². The van der Waals surface area contributed by atoms with Crippen molar-refractivity contribution >= 4 is 13.1 Å². The van der Waals surface area contributed by atoms with Crippen LogP contribution in [0, 0.1) is 0 Å². The summed E-state index contributed by atoms with van der Waals surface area (Å²) in [5, 5.41) is 19.2. The van der Waals surface area contributed by atoms with Crippen molar-refractivity contribution in [3.8, 4) is 17.2 Å². The van der Waals surface area contributed by atoms with Gasteiger partial charge in [-0.05, 0) is 18.4 Å². The van der Waals surface area contributed by atoms with Crippen molar-refractivity contribution in [2.75, 3.05) is 13.2 Å². The molecule has 0 bridgehead atoms. The second-order valence-corrected chi connectivity index (χ2v) is 5.01. The fourth-order valence-electron chi connectivity index (χ4n) is 2.88. The average molecular weight is 262 g/mol. The van der Waals surface area contributed by atoms with E-state index in [1.54, 1.807) is 6.07 Å². The molecular weight excluding hydrogens is 251 g/mol. The highest BCUT2D eigenvalue weighted by Gasteiger charge is 2.55. The first kappa shape index (κ1) is 11.0. The Morgan fingerprint density at radius 2 is 2.11 bits per heavy atom. The van der Waals surface area contributed by atoms with E-state index in [9.17, 15) is 14.9 Å². The summed E-state index contributed by atoms with van der Waals surface area (Å²) in [7, 11) is -0.932. The van der Waals surface area contributed by atoms with E-state index in [2.05, 4.69) is 0 Å². The molecule has 0 radical (unpaired) electrons. The molecule has 2 N–H and O–H groups in total. The molecule has 3 aliphatic rings. The number of hydrogen-bond acceptors (Lipinski definition) is 5. The van der Waals surface area contributed by atoms with Gasteiger partial charge in [0.25, 0.3) is 0 Å². The average Bonchev–Trinajstić information content (AvgIpc) is 3.17. The standard InChI is InChI=1S/C12H11BO6/c14-12(15)9-10-6(5-3-7(5)13(16)19-10)4-8-11(9)18-2-1-17-8/h4-5,7,16H,1-3H2,(H,14,15)/t5-,7-/m1/s1. The number of hydrogen-bond donors (Lipinski definition) is 2. The van der Waals surface area contributed by atoms with Crippen molar-refractivity contribution in [1.82, 2.24) is 0 Å². The Labute approximate surface area is 109 Å². The number of benzene rings is 1. The summed E-state index contributed by atoms with van der Waals surface area (Å²) in [6, 6.07) is 1.78. The van der Waals surface area contributed by atoms with Gasteiger partial charge in [-0.25, -0.2) is 4.79 Å². The van der Waals surface area contributed by atoms with Gasteiger partial charge in [-0.1, -0.05) is 0 Å². The highest BCUT2D eigenvalue weighted by atomic mass is 16.6. The number of carbonyl (C=O) groups is 1. The monoisotopic (exact) mass is 262 g/mol. The highest BCUT2D eigenvalue weighted by Crippen LogP contribution is 2.62. The van der Waals surface area contributed by atoms with Gasteiger partial charge in [-0.2, -0.15) is 0 Å². The van der Waals surface area contributed by atoms with Gasteiger partial charge in [-0.15, -0.1) is 0 Å². The first-order valence-corrected chi connectivity index (χ1v) is 6.21. The molecule has 0 spiro atoms.